The summed E-state index contributed by atoms with van der Waals surface area (Å²) in [6.45, 7) is 6.18. The molecule has 2 N–H and O–H groups in total. The number of nitrogens with one attached hydrogen (secondary N) is 2. The number of hydrogen-bond donors (Lipinski definition) is 2. The second-order valence-electron chi connectivity index (χ2n) is 5.72. The van der Waals surface area contributed by atoms with Crippen LogP contribution in [0.25, 0.3) is 0 Å². The summed E-state index contributed by atoms with van der Waals surface area (Å²) in [5.41, 5.74) is 1.24. The molecule has 0 atom stereocenters. The van der Waals surface area contributed by atoms with Crippen LogP contribution in [0.2, 0.25) is 5.02 Å². The molecule has 21 heavy (non-hydrogen) atoms. The van der Waals surface area contributed by atoms with Gasteiger partial charge in [-0.25, -0.2) is 0 Å². The first-order valence-electron chi connectivity index (χ1n) is 6.52. The van der Waals surface area contributed by atoms with Gasteiger partial charge in [-0.2, -0.15) is 5.10 Å². The zero-order valence-electron chi connectivity index (χ0n) is 12.5. The average molecular weight is 308 g/mol. The highest BCUT2D eigenvalue weighted by molar-refractivity contribution is 6.31. The summed E-state index contributed by atoms with van der Waals surface area (Å²) in [7, 11) is 1.51. The highest BCUT2D eigenvalue weighted by Gasteiger charge is 2.19. The van der Waals surface area contributed by atoms with Crippen molar-refractivity contribution in [2.75, 3.05) is 12.4 Å². The summed E-state index contributed by atoms with van der Waals surface area (Å²) in [5.74, 6) is 0.608. The normalized spacial score (nSPS) is 11.3. The minimum atomic E-state index is -0.318. The van der Waals surface area contributed by atoms with Gasteiger partial charge in [0.2, 0.25) is 0 Å². The number of amides is 1. The average Bonchev–Trinajstić information content (AvgIpc) is 2.87. The van der Waals surface area contributed by atoms with E-state index in [4.69, 9.17) is 16.3 Å². The summed E-state index contributed by atoms with van der Waals surface area (Å²) in [4.78, 5) is 12.3. The number of H-pyrrole nitrogens is 1. The maximum Gasteiger partial charge on any atom is 0.260 e. The number of benzene rings is 1. The molecular formula is C15H18ClN3O2. The van der Waals surface area contributed by atoms with Crippen LogP contribution in [-0.4, -0.2) is 23.2 Å². The zero-order chi connectivity index (χ0) is 15.6. The van der Waals surface area contributed by atoms with Crippen molar-refractivity contribution in [3.05, 3.63) is 40.5 Å². The Morgan fingerprint density at radius 3 is 2.62 bits per heavy atom. The number of hydrogen-bond acceptors (Lipinski definition) is 3. The number of anilines is 1. The van der Waals surface area contributed by atoms with Gasteiger partial charge in [0.15, 0.2) is 5.82 Å². The van der Waals surface area contributed by atoms with Crippen LogP contribution >= 0.6 is 11.6 Å². The fraction of sp³-hybridized carbons (Fsp3) is 0.333. The molecule has 0 spiro atoms. The van der Waals surface area contributed by atoms with Crippen LogP contribution in [0.5, 0.6) is 5.75 Å². The van der Waals surface area contributed by atoms with Gasteiger partial charge in [0.05, 0.1) is 12.7 Å². The molecule has 1 amide bonds. The number of aromatic amines is 1. The minimum absolute atomic E-state index is 0.0658. The Morgan fingerprint density at radius 1 is 1.33 bits per heavy atom. The Morgan fingerprint density at radius 2 is 2.05 bits per heavy atom. The lowest BCUT2D eigenvalue weighted by molar-refractivity contribution is 0.102. The molecule has 0 bridgehead atoms. The topological polar surface area (TPSA) is 67.0 Å². The molecule has 0 aliphatic heterocycles. The summed E-state index contributed by atoms with van der Waals surface area (Å²) < 4.78 is 5.17. The smallest absolute Gasteiger partial charge is 0.260 e. The quantitative estimate of drug-likeness (QED) is 0.910. The van der Waals surface area contributed by atoms with E-state index in [0.717, 1.165) is 5.69 Å². The molecule has 1 heterocycles. The fourth-order valence-corrected chi connectivity index (χ4v) is 1.98. The van der Waals surface area contributed by atoms with Gasteiger partial charge in [-0.15, -0.1) is 0 Å². The van der Waals surface area contributed by atoms with E-state index in [1.807, 2.05) is 6.07 Å². The SMILES string of the molecule is COc1ccc(Cl)cc1C(=O)Nc1cc(C(C)(C)C)[nH]n1. The molecule has 0 aliphatic rings. The first-order valence-corrected chi connectivity index (χ1v) is 6.90. The van der Waals surface area contributed by atoms with Gasteiger partial charge < -0.3 is 10.1 Å². The van der Waals surface area contributed by atoms with Crippen LogP contribution in [0.15, 0.2) is 24.3 Å². The van der Waals surface area contributed by atoms with Crippen LogP contribution < -0.4 is 10.1 Å². The lowest BCUT2D eigenvalue weighted by atomic mass is 9.92. The first kappa shape index (κ1) is 15.4. The number of ether oxygens (including phenoxy) is 1. The number of methoxy groups -OCH3 is 1. The third kappa shape index (κ3) is 3.55. The molecule has 0 radical (unpaired) electrons. The van der Waals surface area contributed by atoms with Crippen LogP contribution in [0, 0.1) is 0 Å². The number of carbonyl (C=O) groups is 1. The molecule has 1 aromatic heterocycles. The second-order valence-corrected chi connectivity index (χ2v) is 6.15. The summed E-state index contributed by atoms with van der Waals surface area (Å²) in [6.07, 6.45) is 0. The molecule has 112 valence electrons. The molecule has 1 aromatic carbocycles. The van der Waals surface area contributed by atoms with E-state index in [1.165, 1.54) is 7.11 Å². The van der Waals surface area contributed by atoms with E-state index >= 15 is 0 Å². The van der Waals surface area contributed by atoms with Crippen molar-refractivity contribution >= 4 is 23.3 Å². The fourth-order valence-electron chi connectivity index (χ4n) is 1.81. The molecule has 0 fully saturated rings. The van der Waals surface area contributed by atoms with E-state index in [9.17, 15) is 4.79 Å². The standard InChI is InChI=1S/C15H18ClN3O2/c1-15(2,3)12-8-13(19-18-12)17-14(20)10-7-9(16)5-6-11(10)21-4/h5-8H,1-4H3,(H2,17,18,19,20). The van der Waals surface area contributed by atoms with Crippen molar-refractivity contribution < 1.29 is 9.53 Å². The Hall–Kier alpha value is -2.01. The largest absolute Gasteiger partial charge is 0.496 e. The van der Waals surface area contributed by atoms with Gasteiger partial charge in [0, 0.05) is 22.2 Å². The maximum absolute atomic E-state index is 12.3. The number of aromatic nitrogens is 2. The molecule has 0 saturated heterocycles. The number of carbonyl (C=O) groups excluding carboxylic acids is 1. The van der Waals surface area contributed by atoms with Crippen LogP contribution in [0.3, 0.4) is 0 Å². The van der Waals surface area contributed by atoms with Gasteiger partial charge in [-0.1, -0.05) is 32.4 Å². The van der Waals surface area contributed by atoms with Crippen molar-refractivity contribution in [1.29, 1.82) is 0 Å². The van der Waals surface area contributed by atoms with Crippen LogP contribution in [-0.2, 0) is 5.41 Å². The molecule has 0 saturated carbocycles. The molecule has 2 aromatic rings. The summed E-state index contributed by atoms with van der Waals surface area (Å²) in [6, 6.07) is 6.70. The van der Waals surface area contributed by atoms with Crippen molar-refractivity contribution in [3.8, 4) is 5.75 Å². The van der Waals surface area contributed by atoms with Crippen molar-refractivity contribution in [2.45, 2.75) is 26.2 Å². The van der Waals surface area contributed by atoms with E-state index in [-0.39, 0.29) is 11.3 Å². The van der Waals surface area contributed by atoms with Gasteiger partial charge in [-0.05, 0) is 18.2 Å². The van der Waals surface area contributed by atoms with Gasteiger partial charge in [-0.3, -0.25) is 9.89 Å². The monoisotopic (exact) mass is 307 g/mol. The number of halogens is 1. The highest BCUT2D eigenvalue weighted by Crippen LogP contribution is 2.25. The lowest BCUT2D eigenvalue weighted by Gasteiger charge is -2.14. The Balaban J connectivity index is 2.22. The Labute approximate surface area is 128 Å². The second kappa shape index (κ2) is 5.77. The van der Waals surface area contributed by atoms with Crippen molar-refractivity contribution in [3.63, 3.8) is 0 Å². The predicted octanol–water partition coefficient (Wildman–Crippen LogP) is 3.62. The molecule has 0 unspecified atom stereocenters. The Kier molecular flexibility index (Phi) is 4.23. The van der Waals surface area contributed by atoms with E-state index in [2.05, 4.69) is 36.3 Å². The van der Waals surface area contributed by atoms with Crippen LogP contribution in [0.1, 0.15) is 36.8 Å². The van der Waals surface area contributed by atoms with E-state index < -0.39 is 0 Å². The molecule has 2 rings (SSSR count). The van der Waals surface area contributed by atoms with Crippen molar-refractivity contribution in [1.82, 2.24) is 10.2 Å². The lowest BCUT2D eigenvalue weighted by Crippen LogP contribution is -2.13. The molecular weight excluding hydrogens is 290 g/mol. The third-order valence-electron chi connectivity index (χ3n) is 3.03. The number of nitrogens with zero attached hydrogens (tertiary/aromatic N) is 1. The summed E-state index contributed by atoms with van der Waals surface area (Å²) >= 11 is 5.93. The van der Waals surface area contributed by atoms with E-state index in [1.54, 1.807) is 18.2 Å². The van der Waals surface area contributed by atoms with Crippen LogP contribution in [0.4, 0.5) is 5.82 Å². The third-order valence-corrected chi connectivity index (χ3v) is 3.27. The zero-order valence-corrected chi connectivity index (χ0v) is 13.2. The first-order chi connectivity index (χ1) is 9.81. The maximum atomic E-state index is 12.3. The van der Waals surface area contributed by atoms with Gasteiger partial charge >= 0.3 is 0 Å². The highest BCUT2D eigenvalue weighted by atomic mass is 35.5. The van der Waals surface area contributed by atoms with Crippen molar-refractivity contribution in [2.24, 2.45) is 0 Å². The van der Waals surface area contributed by atoms with Gasteiger partial charge in [0.1, 0.15) is 5.75 Å². The predicted molar refractivity (Wildman–Crippen MR) is 83.2 cm³/mol. The number of rotatable bonds is 3. The molecule has 5 nitrogen and oxygen atoms in total. The minimum Gasteiger partial charge on any atom is -0.496 e. The van der Waals surface area contributed by atoms with Gasteiger partial charge in [0.25, 0.3) is 5.91 Å². The molecule has 0 aliphatic carbocycles. The molecule has 6 heteroatoms. The Bertz CT molecular complexity index is 659. The van der Waals surface area contributed by atoms with E-state index in [0.29, 0.717) is 22.2 Å². The summed E-state index contributed by atoms with van der Waals surface area (Å²) in [5, 5.41) is 10.2.